The van der Waals surface area contributed by atoms with Crippen LogP contribution in [0.2, 0.25) is 0 Å². The third kappa shape index (κ3) is 2.81. The summed E-state index contributed by atoms with van der Waals surface area (Å²) >= 11 is 0. The first-order chi connectivity index (χ1) is 7.31. The first-order valence-corrected chi connectivity index (χ1v) is 5.99. The van der Waals surface area contributed by atoms with Gasteiger partial charge in [0.15, 0.2) is 0 Å². The third-order valence-corrected chi connectivity index (χ3v) is 3.27. The van der Waals surface area contributed by atoms with E-state index in [1.165, 1.54) is 24.8 Å². The van der Waals surface area contributed by atoms with Gasteiger partial charge in [0, 0.05) is 6.20 Å². The van der Waals surface area contributed by atoms with E-state index in [1.54, 1.807) is 0 Å². The molecule has 1 N–H and O–H groups in total. The molecule has 0 amide bonds. The van der Waals surface area contributed by atoms with E-state index in [4.69, 9.17) is 0 Å². The molecule has 0 spiro atoms. The number of hydrogen-bond acceptors (Lipinski definition) is 2. The van der Waals surface area contributed by atoms with Crippen LogP contribution in [-0.4, -0.2) is 23.4 Å². The van der Waals surface area contributed by atoms with Crippen LogP contribution in [-0.2, 0) is 6.42 Å². The molecule has 2 rings (SSSR count). The van der Waals surface area contributed by atoms with E-state index < -0.39 is 0 Å². The molecule has 1 heterocycles. The van der Waals surface area contributed by atoms with Crippen LogP contribution in [0.15, 0.2) is 12.4 Å². The molecule has 84 valence electrons. The predicted molar refractivity (Wildman–Crippen MR) is 61.9 cm³/mol. The number of nitrogens with one attached hydrogen (secondary N) is 1. The molecule has 0 aromatic carbocycles. The van der Waals surface area contributed by atoms with E-state index >= 15 is 0 Å². The van der Waals surface area contributed by atoms with Gasteiger partial charge in [-0.05, 0) is 57.7 Å². The average Bonchev–Trinajstić information content (AvgIpc) is 2.98. The van der Waals surface area contributed by atoms with Gasteiger partial charge < -0.3 is 5.32 Å². The lowest BCUT2D eigenvalue weighted by atomic mass is 10.2. The molecule has 3 heteroatoms. The molecule has 1 aliphatic carbocycles. The fourth-order valence-corrected chi connectivity index (χ4v) is 1.99. The third-order valence-electron chi connectivity index (χ3n) is 3.27. The molecule has 1 atom stereocenters. The minimum atomic E-state index is 0.600. The van der Waals surface area contributed by atoms with Crippen LogP contribution in [0.4, 0.5) is 0 Å². The maximum absolute atomic E-state index is 4.45. The molecule has 0 bridgehead atoms. The lowest BCUT2D eigenvalue weighted by Crippen LogP contribution is -2.08. The highest BCUT2D eigenvalue weighted by molar-refractivity contribution is 5.05. The molecule has 0 saturated heterocycles. The fraction of sp³-hybridized carbons (Fsp3) is 0.750. The van der Waals surface area contributed by atoms with E-state index in [0.29, 0.717) is 6.04 Å². The zero-order chi connectivity index (χ0) is 10.7. The number of nitrogens with zero attached hydrogens (tertiary/aromatic N) is 2. The second-order valence-corrected chi connectivity index (χ2v) is 4.61. The Balaban J connectivity index is 1.85. The molecule has 0 radical (unpaired) electrons. The zero-order valence-electron chi connectivity index (χ0n) is 9.74. The number of aromatic nitrogens is 2. The van der Waals surface area contributed by atoms with E-state index in [9.17, 15) is 0 Å². The van der Waals surface area contributed by atoms with Gasteiger partial charge in [-0.3, -0.25) is 4.68 Å². The minimum absolute atomic E-state index is 0.600. The summed E-state index contributed by atoms with van der Waals surface area (Å²) in [6.07, 6.45) is 9.34. The maximum Gasteiger partial charge on any atom is 0.0521 e. The predicted octanol–water partition coefficient (Wildman–Crippen LogP) is 2.01. The summed E-state index contributed by atoms with van der Waals surface area (Å²) in [5, 5.41) is 7.62. The molecule has 1 aromatic rings. The van der Waals surface area contributed by atoms with Gasteiger partial charge in [-0.25, -0.2) is 0 Å². The quantitative estimate of drug-likeness (QED) is 0.723. The van der Waals surface area contributed by atoms with Crippen molar-refractivity contribution in [2.75, 3.05) is 13.6 Å². The Kier molecular flexibility index (Phi) is 3.41. The van der Waals surface area contributed by atoms with Crippen LogP contribution in [0.3, 0.4) is 0 Å². The number of hydrogen-bond donors (Lipinski definition) is 1. The van der Waals surface area contributed by atoms with E-state index in [-0.39, 0.29) is 0 Å². The fourth-order valence-electron chi connectivity index (χ4n) is 1.99. The monoisotopic (exact) mass is 207 g/mol. The Hall–Kier alpha value is -0.830. The smallest absolute Gasteiger partial charge is 0.0521 e. The lowest BCUT2D eigenvalue weighted by Gasteiger charge is -2.09. The van der Waals surface area contributed by atoms with Crippen molar-refractivity contribution >= 4 is 0 Å². The number of rotatable bonds is 6. The molecule has 1 saturated carbocycles. The summed E-state index contributed by atoms with van der Waals surface area (Å²) in [5.74, 6) is 0.884. The average molecular weight is 207 g/mol. The Bertz CT molecular complexity index is 302. The van der Waals surface area contributed by atoms with Crippen LogP contribution >= 0.6 is 0 Å². The zero-order valence-corrected chi connectivity index (χ0v) is 9.74. The van der Waals surface area contributed by atoms with Crippen molar-refractivity contribution in [1.29, 1.82) is 0 Å². The first kappa shape index (κ1) is 10.7. The molecule has 15 heavy (non-hydrogen) atoms. The standard InChI is InChI=1S/C12H21N3/c1-10(12-5-6-12)15-9-11(8-14-15)4-3-7-13-2/h8-10,12-13H,3-7H2,1-2H3. The first-order valence-electron chi connectivity index (χ1n) is 5.99. The highest BCUT2D eigenvalue weighted by Gasteiger charge is 2.29. The van der Waals surface area contributed by atoms with Crippen LogP contribution in [0, 0.1) is 5.92 Å². The van der Waals surface area contributed by atoms with E-state index in [0.717, 1.165) is 18.9 Å². The highest BCUT2D eigenvalue weighted by Crippen LogP contribution is 2.38. The Morgan fingerprint density at radius 1 is 1.60 bits per heavy atom. The summed E-state index contributed by atoms with van der Waals surface area (Å²) in [4.78, 5) is 0. The van der Waals surface area contributed by atoms with Gasteiger partial charge in [-0.1, -0.05) is 0 Å². The van der Waals surface area contributed by atoms with Gasteiger partial charge in [0.1, 0.15) is 0 Å². The molecule has 0 aliphatic heterocycles. The lowest BCUT2D eigenvalue weighted by molar-refractivity contribution is 0.439. The Labute approximate surface area is 91.9 Å². The van der Waals surface area contributed by atoms with E-state index in [1.807, 2.05) is 13.2 Å². The highest BCUT2D eigenvalue weighted by atomic mass is 15.3. The summed E-state index contributed by atoms with van der Waals surface area (Å²) < 4.78 is 2.15. The SMILES string of the molecule is CNCCCc1cnn(C(C)C2CC2)c1. The second-order valence-electron chi connectivity index (χ2n) is 4.61. The van der Waals surface area contributed by atoms with Gasteiger partial charge in [0.25, 0.3) is 0 Å². The minimum Gasteiger partial charge on any atom is -0.320 e. The van der Waals surface area contributed by atoms with Crippen LogP contribution in [0.25, 0.3) is 0 Å². The summed E-state index contributed by atoms with van der Waals surface area (Å²) in [6, 6.07) is 0.600. The molecule has 1 fully saturated rings. The van der Waals surface area contributed by atoms with Gasteiger partial charge >= 0.3 is 0 Å². The van der Waals surface area contributed by atoms with Gasteiger partial charge in [0.2, 0.25) is 0 Å². The largest absolute Gasteiger partial charge is 0.320 e. The molecule has 1 aliphatic rings. The Morgan fingerprint density at radius 2 is 2.40 bits per heavy atom. The summed E-state index contributed by atoms with van der Waals surface area (Å²) in [7, 11) is 2.00. The summed E-state index contributed by atoms with van der Waals surface area (Å²) in [6.45, 7) is 3.37. The summed E-state index contributed by atoms with van der Waals surface area (Å²) in [5.41, 5.74) is 1.37. The van der Waals surface area contributed by atoms with Crippen LogP contribution < -0.4 is 5.32 Å². The Morgan fingerprint density at radius 3 is 3.07 bits per heavy atom. The molecule has 1 unspecified atom stereocenters. The van der Waals surface area contributed by atoms with Crippen molar-refractivity contribution in [2.24, 2.45) is 5.92 Å². The van der Waals surface area contributed by atoms with Crippen molar-refractivity contribution in [3.8, 4) is 0 Å². The van der Waals surface area contributed by atoms with Crippen molar-refractivity contribution in [3.63, 3.8) is 0 Å². The van der Waals surface area contributed by atoms with Crippen molar-refractivity contribution in [1.82, 2.24) is 15.1 Å². The normalized spacial score (nSPS) is 18.0. The number of aryl methyl sites for hydroxylation is 1. The van der Waals surface area contributed by atoms with Crippen molar-refractivity contribution in [2.45, 2.75) is 38.6 Å². The van der Waals surface area contributed by atoms with Crippen molar-refractivity contribution < 1.29 is 0 Å². The van der Waals surface area contributed by atoms with Crippen molar-refractivity contribution in [3.05, 3.63) is 18.0 Å². The molecule has 3 nitrogen and oxygen atoms in total. The second kappa shape index (κ2) is 4.79. The molecule has 1 aromatic heterocycles. The molecular formula is C12H21N3. The molecular weight excluding hydrogens is 186 g/mol. The van der Waals surface area contributed by atoms with E-state index in [2.05, 4.69) is 28.2 Å². The van der Waals surface area contributed by atoms with Gasteiger partial charge in [-0.2, -0.15) is 5.10 Å². The van der Waals surface area contributed by atoms with Gasteiger partial charge in [0.05, 0.1) is 12.2 Å². The van der Waals surface area contributed by atoms with Gasteiger partial charge in [-0.15, -0.1) is 0 Å². The van der Waals surface area contributed by atoms with Crippen LogP contribution in [0.5, 0.6) is 0 Å². The van der Waals surface area contributed by atoms with Crippen LogP contribution in [0.1, 0.15) is 37.8 Å². The topological polar surface area (TPSA) is 29.9 Å². The maximum atomic E-state index is 4.45.